The Morgan fingerprint density at radius 1 is 1.12 bits per heavy atom. The average Bonchev–Trinajstić information content (AvgIpc) is 3.27. The third-order valence-electron chi connectivity index (χ3n) is 7.24. The van der Waals surface area contributed by atoms with E-state index < -0.39 is 5.60 Å². The molecule has 3 nitrogen and oxygen atoms in total. The maximum Gasteiger partial charge on any atom is 0.225 e. The Balaban J connectivity index is 1.17. The molecule has 1 N–H and O–H groups in total. The Hall–Kier alpha value is -1.35. The van der Waals surface area contributed by atoms with Gasteiger partial charge in [-0.25, -0.2) is 0 Å². The molecule has 4 fully saturated rings. The SMILES string of the molecule is Cc1ccc(C2CC3(C2)CN(C(=O)[C@H]2C[C@@](C)(O)C2)C3)cc1C1CC1. The van der Waals surface area contributed by atoms with Crippen molar-refractivity contribution >= 4 is 5.91 Å². The highest BCUT2D eigenvalue weighted by atomic mass is 16.3. The van der Waals surface area contributed by atoms with Crippen molar-refractivity contribution in [1.82, 2.24) is 4.90 Å². The van der Waals surface area contributed by atoms with Crippen molar-refractivity contribution in [2.75, 3.05) is 13.1 Å². The van der Waals surface area contributed by atoms with Crippen molar-refractivity contribution in [2.24, 2.45) is 11.3 Å². The van der Waals surface area contributed by atoms with Crippen LogP contribution in [0, 0.1) is 18.3 Å². The standard InChI is InChI=1S/C22H29NO2/c1-14-3-4-16(7-19(14)15-5-6-15)17-10-22(11-17)12-23(13-22)20(24)18-8-21(2,25)9-18/h3-4,7,15,17-18,25H,5-6,8-13H2,1-2H3/t18-,21+. The highest BCUT2D eigenvalue weighted by molar-refractivity contribution is 5.81. The molecule has 0 radical (unpaired) electrons. The van der Waals surface area contributed by atoms with Crippen molar-refractivity contribution in [3.8, 4) is 0 Å². The smallest absolute Gasteiger partial charge is 0.225 e. The molecule has 3 aliphatic carbocycles. The summed E-state index contributed by atoms with van der Waals surface area (Å²) in [5.41, 5.74) is 4.36. The van der Waals surface area contributed by atoms with Gasteiger partial charge in [-0.2, -0.15) is 0 Å². The van der Waals surface area contributed by atoms with Crippen LogP contribution in [0.4, 0.5) is 0 Å². The minimum absolute atomic E-state index is 0.0708. The van der Waals surface area contributed by atoms with Crippen LogP contribution in [-0.4, -0.2) is 34.6 Å². The van der Waals surface area contributed by atoms with Crippen LogP contribution in [0.3, 0.4) is 0 Å². The Morgan fingerprint density at radius 3 is 2.40 bits per heavy atom. The fourth-order valence-electron chi connectivity index (χ4n) is 5.58. The minimum atomic E-state index is -0.602. The summed E-state index contributed by atoms with van der Waals surface area (Å²) in [6.45, 7) is 5.97. The van der Waals surface area contributed by atoms with Crippen molar-refractivity contribution in [3.63, 3.8) is 0 Å². The number of rotatable bonds is 3. The maximum absolute atomic E-state index is 12.5. The third kappa shape index (κ3) is 2.63. The van der Waals surface area contributed by atoms with E-state index in [4.69, 9.17) is 0 Å². The molecule has 0 aromatic heterocycles. The largest absolute Gasteiger partial charge is 0.390 e. The van der Waals surface area contributed by atoms with Crippen LogP contribution in [-0.2, 0) is 4.79 Å². The molecular formula is C22H29NO2. The number of nitrogens with zero attached hydrogens (tertiary/aromatic N) is 1. The molecular weight excluding hydrogens is 310 g/mol. The zero-order valence-electron chi connectivity index (χ0n) is 15.4. The van der Waals surface area contributed by atoms with E-state index in [1.807, 2.05) is 11.8 Å². The molecule has 1 aromatic carbocycles. The van der Waals surface area contributed by atoms with Gasteiger partial charge in [-0.1, -0.05) is 18.2 Å². The van der Waals surface area contributed by atoms with E-state index in [2.05, 4.69) is 25.1 Å². The van der Waals surface area contributed by atoms with Crippen molar-refractivity contribution in [2.45, 2.75) is 69.8 Å². The van der Waals surface area contributed by atoms with Crippen LogP contribution in [0.2, 0.25) is 0 Å². The minimum Gasteiger partial charge on any atom is -0.390 e. The lowest BCUT2D eigenvalue weighted by Crippen LogP contribution is -2.65. The monoisotopic (exact) mass is 339 g/mol. The Labute approximate surface area is 150 Å². The molecule has 1 aliphatic heterocycles. The molecule has 1 saturated heterocycles. The number of likely N-dealkylation sites (tertiary alicyclic amines) is 1. The number of hydrogen-bond acceptors (Lipinski definition) is 2. The molecule has 4 aliphatic rings. The average molecular weight is 339 g/mol. The summed E-state index contributed by atoms with van der Waals surface area (Å²) in [5, 5.41) is 9.84. The van der Waals surface area contributed by atoms with Crippen LogP contribution in [0.5, 0.6) is 0 Å². The second kappa shape index (κ2) is 5.09. The molecule has 0 bridgehead atoms. The van der Waals surface area contributed by atoms with E-state index >= 15 is 0 Å². The van der Waals surface area contributed by atoms with Gasteiger partial charge in [0, 0.05) is 24.4 Å². The van der Waals surface area contributed by atoms with Crippen LogP contribution in [0.1, 0.15) is 74.0 Å². The van der Waals surface area contributed by atoms with E-state index in [1.165, 1.54) is 36.8 Å². The van der Waals surface area contributed by atoms with E-state index in [0.717, 1.165) is 19.0 Å². The summed E-state index contributed by atoms with van der Waals surface area (Å²) in [4.78, 5) is 14.5. The number of hydrogen-bond donors (Lipinski definition) is 1. The molecule has 0 unspecified atom stereocenters. The lowest BCUT2D eigenvalue weighted by Gasteiger charge is -2.60. The normalized spacial score (nSPS) is 33.6. The molecule has 134 valence electrons. The van der Waals surface area contributed by atoms with Gasteiger partial charge in [-0.05, 0) is 80.9 Å². The van der Waals surface area contributed by atoms with Gasteiger partial charge < -0.3 is 10.0 Å². The molecule has 5 rings (SSSR count). The first-order valence-electron chi connectivity index (χ1n) is 9.96. The summed E-state index contributed by atoms with van der Waals surface area (Å²) in [5.74, 6) is 1.87. The first kappa shape index (κ1) is 15.9. The first-order chi connectivity index (χ1) is 11.8. The Morgan fingerprint density at radius 2 is 1.80 bits per heavy atom. The number of aryl methyl sites for hydroxylation is 1. The lowest BCUT2D eigenvalue weighted by molar-refractivity contribution is -0.168. The molecule has 1 amide bonds. The lowest BCUT2D eigenvalue weighted by atomic mass is 9.55. The summed E-state index contributed by atoms with van der Waals surface area (Å²) in [6.07, 6.45) is 6.50. The van der Waals surface area contributed by atoms with Crippen LogP contribution < -0.4 is 0 Å². The molecule has 1 heterocycles. The molecule has 1 spiro atoms. The zero-order chi connectivity index (χ0) is 17.4. The van der Waals surface area contributed by atoms with Gasteiger partial charge in [0.15, 0.2) is 0 Å². The number of carbonyl (C=O) groups excluding carboxylic acids is 1. The summed E-state index contributed by atoms with van der Waals surface area (Å²) >= 11 is 0. The predicted octanol–water partition coefficient (Wildman–Crippen LogP) is 3.74. The Bertz CT molecular complexity index is 712. The highest BCUT2D eigenvalue weighted by Gasteiger charge is 2.56. The van der Waals surface area contributed by atoms with E-state index in [9.17, 15) is 9.90 Å². The topological polar surface area (TPSA) is 40.5 Å². The number of amides is 1. The maximum atomic E-state index is 12.5. The molecule has 25 heavy (non-hydrogen) atoms. The van der Waals surface area contributed by atoms with Crippen molar-refractivity contribution in [3.05, 3.63) is 34.9 Å². The molecule has 0 atom stereocenters. The van der Waals surface area contributed by atoms with Gasteiger partial charge >= 0.3 is 0 Å². The second-order valence-electron chi connectivity index (χ2n) is 9.79. The number of carbonyl (C=O) groups is 1. The number of aliphatic hydroxyl groups is 1. The van der Waals surface area contributed by atoms with Crippen LogP contribution in [0.25, 0.3) is 0 Å². The van der Waals surface area contributed by atoms with Crippen LogP contribution in [0.15, 0.2) is 18.2 Å². The molecule has 3 heteroatoms. The quantitative estimate of drug-likeness (QED) is 0.911. The van der Waals surface area contributed by atoms with E-state index in [1.54, 1.807) is 5.56 Å². The van der Waals surface area contributed by atoms with Gasteiger partial charge in [0.1, 0.15) is 0 Å². The van der Waals surface area contributed by atoms with E-state index in [0.29, 0.717) is 24.2 Å². The summed E-state index contributed by atoms with van der Waals surface area (Å²) < 4.78 is 0. The van der Waals surface area contributed by atoms with E-state index in [-0.39, 0.29) is 11.8 Å². The molecule has 1 aromatic rings. The van der Waals surface area contributed by atoms with Crippen molar-refractivity contribution in [1.29, 1.82) is 0 Å². The van der Waals surface area contributed by atoms with Crippen LogP contribution >= 0.6 is 0 Å². The molecule has 3 saturated carbocycles. The zero-order valence-corrected chi connectivity index (χ0v) is 15.4. The van der Waals surface area contributed by atoms with Gasteiger partial charge in [-0.15, -0.1) is 0 Å². The first-order valence-corrected chi connectivity index (χ1v) is 9.96. The fourth-order valence-corrected chi connectivity index (χ4v) is 5.58. The van der Waals surface area contributed by atoms with Gasteiger partial charge in [0.2, 0.25) is 5.91 Å². The van der Waals surface area contributed by atoms with Gasteiger partial charge in [0.25, 0.3) is 0 Å². The summed E-state index contributed by atoms with van der Waals surface area (Å²) in [6, 6.07) is 7.12. The predicted molar refractivity (Wildman–Crippen MR) is 97.5 cm³/mol. The highest BCUT2D eigenvalue weighted by Crippen LogP contribution is 2.57. The van der Waals surface area contributed by atoms with Crippen molar-refractivity contribution < 1.29 is 9.90 Å². The second-order valence-corrected chi connectivity index (χ2v) is 9.79. The fraction of sp³-hybridized carbons (Fsp3) is 0.682. The third-order valence-corrected chi connectivity index (χ3v) is 7.24. The van der Waals surface area contributed by atoms with Gasteiger partial charge in [-0.3, -0.25) is 4.79 Å². The summed E-state index contributed by atoms with van der Waals surface area (Å²) in [7, 11) is 0. The Kier molecular flexibility index (Phi) is 3.23. The number of benzene rings is 1. The van der Waals surface area contributed by atoms with Gasteiger partial charge in [0.05, 0.1) is 5.60 Å².